The fourth-order valence-electron chi connectivity index (χ4n) is 4.84. The second-order valence-electron chi connectivity index (χ2n) is 13.4. The first-order chi connectivity index (χ1) is 28.1. The normalized spacial score (nSPS) is 14.8. The Morgan fingerprint density at radius 1 is 0.552 bits per heavy atom. The summed E-state index contributed by atoms with van der Waals surface area (Å²) < 4.78 is 32.5. The topological polar surface area (TPSA) is 172 Å². The number of carbonyl (C=O) groups excluding carboxylic acids is 2. The predicted molar refractivity (Wildman–Crippen MR) is 235 cm³/mol. The molecule has 12 heteroatoms. The summed E-state index contributed by atoms with van der Waals surface area (Å²) >= 11 is 0. The van der Waals surface area contributed by atoms with Crippen molar-refractivity contribution in [2.24, 2.45) is 5.73 Å². The molecular formula is C46H72NO10P. The number of carbonyl (C=O) groups is 3. The van der Waals surface area contributed by atoms with Crippen molar-refractivity contribution >= 4 is 25.7 Å². The number of allylic oxidation sites excluding steroid dienone is 17. The SMILES string of the molecule is CC/C=C\C/C=C\C/C=C\C/C=C\C/C=C\CC(=O)OC(COC(=O)CCCCCCCC/C=C\C/C=C\C/C=C\C/C=C\CC)COP(=O)(O)OCC(N)C(=O)O. The maximum atomic E-state index is 12.5. The highest BCUT2D eigenvalue weighted by atomic mass is 31.2. The van der Waals surface area contributed by atoms with E-state index in [1.807, 2.05) is 18.2 Å². The summed E-state index contributed by atoms with van der Waals surface area (Å²) in [6.07, 6.45) is 51.9. The van der Waals surface area contributed by atoms with Crippen molar-refractivity contribution in [1.82, 2.24) is 0 Å². The van der Waals surface area contributed by atoms with E-state index in [-0.39, 0.29) is 12.8 Å². The molecule has 3 unspecified atom stereocenters. The molecule has 0 aromatic carbocycles. The van der Waals surface area contributed by atoms with Crippen molar-refractivity contribution < 1.29 is 47.5 Å². The zero-order valence-electron chi connectivity index (χ0n) is 35.1. The van der Waals surface area contributed by atoms with E-state index in [1.54, 1.807) is 6.08 Å². The predicted octanol–water partition coefficient (Wildman–Crippen LogP) is 11.1. The summed E-state index contributed by atoms with van der Waals surface area (Å²) in [6.45, 7) is 2.43. The average molecular weight is 830 g/mol. The highest BCUT2D eigenvalue weighted by Gasteiger charge is 2.28. The highest BCUT2D eigenvalue weighted by Crippen LogP contribution is 2.43. The number of phosphoric acid groups is 1. The molecular weight excluding hydrogens is 757 g/mol. The smallest absolute Gasteiger partial charge is 0.472 e. The maximum absolute atomic E-state index is 12.5. The van der Waals surface area contributed by atoms with Crippen LogP contribution in [0.5, 0.6) is 0 Å². The zero-order chi connectivity index (χ0) is 42.8. The third-order valence-corrected chi connectivity index (χ3v) is 9.00. The van der Waals surface area contributed by atoms with Crippen molar-refractivity contribution in [2.45, 2.75) is 142 Å². The molecule has 0 aliphatic carbocycles. The third kappa shape index (κ3) is 39.0. The Labute approximate surface area is 348 Å². The number of rotatable bonds is 37. The van der Waals surface area contributed by atoms with Crippen LogP contribution in [0.1, 0.15) is 129 Å². The quantitative estimate of drug-likeness (QED) is 0.0235. The molecule has 326 valence electrons. The molecule has 0 spiro atoms. The van der Waals surface area contributed by atoms with Crippen LogP contribution >= 0.6 is 7.82 Å². The standard InChI is InChI=1S/C46H72NO10P/c1-3-5-7-9-11-13-15-17-19-20-21-22-24-25-27-29-31-33-35-37-44(48)54-39-42(40-55-58(52,53)56-41-43(47)46(50)51)57-45(49)38-36-34-32-30-28-26-23-18-16-14-12-10-8-6-4-2/h5-8,11-14,17-19,21-23,28,30,34,36,42-43H,3-4,9-10,15-16,20,24-27,29,31-33,35,37-41,47H2,1-2H3,(H,50,51)(H,52,53)/b7-5-,8-6-,13-11-,14-12-,19-17-,22-21-,23-18-,30-28-,36-34-. The van der Waals surface area contributed by atoms with E-state index in [4.69, 9.17) is 24.8 Å². The monoisotopic (exact) mass is 829 g/mol. The minimum absolute atomic E-state index is 0.0812. The summed E-state index contributed by atoms with van der Waals surface area (Å²) in [4.78, 5) is 45.9. The van der Waals surface area contributed by atoms with Crippen LogP contribution in [0.3, 0.4) is 0 Å². The Hall–Kier alpha value is -3.86. The molecule has 0 heterocycles. The molecule has 0 aliphatic heterocycles. The van der Waals surface area contributed by atoms with Gasteiger partial charge in [-0.25, -0.2) is 4.57 Å². The van der Waals surface area contributed by atoms with E-state index < -0.39 is 57.7 Å². The largest absolute Gasteiger partial charge is 0.480 e. The lowest BCUT2D eigenvalue weighted by Crippen LogP contribution is -2.34. The summed E-state index contributed by atoms with van der Waals surface area (Å²) in [5.41, 5.74) is 5.32. The van der Waals surface area contributed by atoms with Crippen molar-refractivity contribution in [1.29, 1.82) is 0 Å². The van der Waals surface area contributed by atoms with Crippen LogP contribution < -0.4 is 5.73 Å². The van der Waals surface area contributed by atoms with Crippen LogP contribution in [-0.4, -0.2) is 59.9 Å². The molecule has 0 bridgehead atoms. The molecule has 11 nitrogen and oxygen atoms in total. The average Bonchev–Trinajstić information content (AvgIpc) is 3.20. The Morgan fingerprint density at radius 3 is 1.45 bits per heavy atom. The van der Waals surface area contributed by atoms with Crippen LogP contribution in [0.15, 0.2) is 109 Å². The first-order valence-electron chi connectivity index (χ1n) is 20.9. The summed E-state index contributed by atoms with van der Waals surface area (Å²) in [5, 5.41) is 8.88. The molecule has 0 aromatic rings. The minimum Gasteiger partial charge on any atom is -0.480 e. The van der Waals surface area contributed by atoms with E-state index >= 15 is 0 Å². The Bertz CT molecular complexity index is 1390. The molecule has 4 N–H and O–H groups in total. The van der Waals surface area contributed by atoms with Gasteiger partial charge in [0.1, 0.15) is 12.6 Å². The summed E-state index contributed by atoms with van der Waals surface area (Å²) in [7, 11) is -4.75. The lowest BCUT2D eigenvalue weighted by atomic mass is 10.1. The fraction of sp³-hybridized carbons (Fsp3) is 0.543. The number of hydrogen-bond acceptors (Lipinski definition) is 9. The van der Waals surface area contributed by atoms with E-state index in [2.05, 4.69) is 103 Å². The molecule has 0 amide bonds. The van der Waals surface area contributed by atoms with Gasteiger partial charge >= 0.3 is 25.7 Å². The van der Waals surface area contributed by atoms with Gasteiger partial charge in [0.05, 0.1) is 19.6 Å². The summed E-state index contributed by atoms with van der Waals surface area (Å²) in [6, 6.07) is -1.54. The van der Waals surface area contributed by atoms with Gasteiger partial charge in [0.2, 0.25) is 0 Å². The number of nitrogens with two attached hydrogens (primary N) is 1. The van der Waals surface area contributed by atoms with Gasteiger partial charge in [-0.05, 0) is 77.0 Å². The number of ether oxygens (including phenoxy) is 2. The molecule has 0 rings (SSSR count). The van der Waals surface area contributed by atoms with E-state index in [1.165, 1.54) is 0 Å². The van der Waals surface area contributed by atoms with Crippen LogP contribution in [0.25, 0.3) is 0 Å². The van der Waals surface area contributed by atoms with Crippen molar-refractivity contribution in [2.75, 3.05) is 19.8 Å². The molecule has 0 radical (unpaired) electrons. The molecule has 0 saturated carbocycles. The number of esters is 2. The molecule has 0 aliphatic rings. The van der Waals surface area contributed by atoms with Crippen LogP contribution in [0.2, 0.25) is 0 Å². The third-order valence-electron chi connectivity index (χ3n) is 8.05. The summed E-state index contributed by atoms with van der Waals surface area (Å²) in [5.74, 6) is -2.57. The number of aliphatic carboxylic acids is 1. The molecule has 0 aromatic heterocycles. The Morgan fingerprint density at radius 2 is 0.966 bits per heavy atom. The fourth-order valence-corrected chi connectivity index (χ4v) is 5.61. The van der Waals surface area contributed by atoms with E-state index in [0.29, 0.717) is 12.8 Å². The lowest BCUT2D eigenvalue weighted by molar-refractivity contribution is -0.160. The van der Waals surface area contributed by atoms with Crippen molar-refractivity contribution in [3.05, 3.63) is 109 Å². The number of carboxylic acid groups (broad SMARTS) is 1. The molecule has 0 saturated heterocycles. The van der Waals surface area contributed by atoms with Crippen LogP contribution in [0.4, 0.5) is 0 Å². The van der Waals surface area contributed by atoms with Crippen molar-refractivity contribution in [3.63, 3.8) is 0 Å². The minimum atomic E-state index is -4.75. The van der Waals surface area contributed by atoms with Gasteiger partial charge in [-0.1, -0.05) is 149 Å². The van der Waals surface area contributed by atoms with Gasteiger partial charge in [-0.15, -0.1) is 0 Å². The van der Waals surface area contributed by atoms with E-state index in [0.717, 1.165) is 89.9 Å². The van der Waals surface area contributed by atoms with Crippen molar-refractivity contribution in [3.8, 4) is 0 Å². The van der Waals surface area contributed by atoms with Gasteiger partial charge in [-0.3, -0.25) is 23.4 Å². The zero-order valence-corrected chi connectivity index (χ0v) is 36.0. The van der Waals surface area contributed by atoms with Crippen LogP contribution in [0, 0.1) is 0 Å². The van der Waals surface area contributed by atoms with Gasteiger partial charge in [0, 0.05) is 6.42 Å². The number of phosphoric ester groups is 1. The Balaban J connectivity index is 4.54. The molecule has 3 atom stereocenters. The first-order valence-corrected chi connectivity index (χ1v) is 22.4. The highest BCUT2D eigenvalue weighted by molar-refractivity contribution is 7.47. The number of carboxylic acids is 1. The number of unbranched alkanes of at least 4 members (excludes halogenated alkanes) is 6. The van der Waals surface area contributed by atoms with Crippen LogP contribution in [-0.2, 0) is 37.5 Å². The molecule has 58 heavy (non-hydrogen) atoms. The lowest BCUT2D eigenvalue weighted by Gasteiger charge is -2.20. The van der Waals surface area contributed by atoms with Gasteiger partial charge in [0.25, 0.3) is 0 Å². The second kappa shape index (κ2) is 39.9. The Kier molecular flexibility index (Phi) is 37.3. The maximum Gasteiger partial charge on any atom is 0.472 e. The molecule has 0 fully saturated rings. The van der Waals surface area contributed by atoms with Gasteiger partial charge < -0.3 is 25.2 Å². The van der Waals surface area contributed by atoms with Gasteiger partial charge in [-0.2, -0.15) is 0 Å². The second-order valence-corrected chi connectivity index (χ2v) is 14.8. The number of hydrogen-bond donors (Lipinski definition) is 3. The first kappa shape index (κ1) is 54.1. The van der Waals surface area contributed by atoms with Gasteiger partial charge in [0.15, 0.2) is 6.10 Å². The van der Waals surface area contributed by atoms with E-state index in [9.17, 15) is 23.8 Å².